The Kier molecular flexibility index (Phi) is 4.23. The normalized spacial score (nSPS) is 11.8. The second-order valence-electron chi connectivity index (χ2n) is 5.83. The van der Waals surface area contributed by atoms with Crippen LogP contribution in [-0.2, 0) is 5.41 Å². The predicted octanol–water partition coefficient (Wildman–Crippen LogP) is 4.56. The molecule has 0 unspecified atom stereocenters. The third-order valence-electron chi connectivity index (χ3n) is 3.18. The van der Waals surface area contributed by atoms with Crippen LogP contribution in [-0.4, -0.2) is 12.1 Å². The molecule has 0 amide bonds. The van der Waals surface area contributed by atoms with Gasteiger partial charge in [0, 0.05) is 18.0 Å². The van der Waals surface area contributed by atoms with Crippen LogP contribution >= 0.6 is 0 Å². The lowest BCUT2D eigenvalue weighted by Gasteiger charge is -2.22. The molecular weight excluding hydrogens is 246 g/mol. The summed E-state index contributed by atoms with van der Waals surface area (Å²) in [5.41, 5.74) is 3.54. The second kappa shape index (κ2) is 5.91. The van der Waals surface area contributed by atoms with E-state index in [2.05, 4.69) is 50.0 Å². The maximum atomic E-state index is 5.46. The number of pyridine rings is 1. The number of methoxy groups -OCH3 is 1. The van der Waals surface area contributed by atoms with Crippen LogP contribution in [0.15, 0.2) is 42.7 Å². The number of hydrogen-bond donors (Lipinski definition) is 0. The van der Waals surface area contributed by atoms with Crippen LogP contribution in [0.2, 0.25) is 0 Å². The van der Waals surface area contributed by atoms with Gasteiger partial charge in [0.1, 0.15) is 5.75 Å². The summed E-state index contributed by atoms with van der Waals surface area (Å²) >= 11 is 0. The predicted molar refractivity (Wildman–Crippen MR) is 84.9 cm³/mol. The quantitative estimate of drug-likeness (QED) is 0.813. The van der Waals surface area contributed by atoms with Crippen LogP contribution in [0.1, 0.15) is 37.5 Å². The van der Waals surface area contributed by atoms with Gasteiger partial charge in [0.2, 0.25) is 0 Å². The lowest BCUT2D eigenvalue weighted by atomic mass is 9.85. The van der Waals surface area contributed by atoms with Gasteiger partial charge in [-0.2, -0.15) is 0 Å². The summed E-state index contributed by atoms with van der Waals surface area (Å²) in [7, 11) is 1.72. The van der Waals surface area contributed by atoms with Crippen molar-refractivity contribution in [3.63, 3.8) is 0 Å². The maximum Gasteiger partial charge on any atom is 0.122 e. The highest BCUT2D eigenvalue weighted by Gasteiger charge is 2.18. The summed E-state index contributed by atoms with van der Waals surface area (Å²) in [6, 6.07) is 10.3. The summed E-state index contributed by atoms with van der Waals surface area (Å²) < 4.78 is 5.46. The molecule has 1 aromatic heterocycles. The van der Waals surface area contributed by atoms with Gasteiger partial charge in [-0.1, -0.05) is 45.1 Å². The number of nitrogens with zero attached hydrogens (tertiary/aromatic N) is 1. The average Bonchev–Trinajstić information content (AvgIpc) is 2.45. The Hall–Kier alpha value is -2.09. The van der Waals surface area contributed by atoms with Crippen LogP contribution in [0, 0.1) is 0 Å². The monoisotopic (exact) mass is 267 g/mol. The SMILES string of the molecule is COc1ccc(/C=C/c2cccnc2)cc1C(C)(C)C. The molecule has 0 N–H and O–H groups in total. The number of benzene rings is 1. The molecule has 0 radical (unpaired) electrons. The Labute approximate surface area is 121 Å². The van der Waals surface area contributed by atoms with E-state index in [1.807, 2.05) is 24.4 Å². The fourth-order valence-corrected chi connectivity index (χ4v) is 2.08. The van der Waals surface area contributed by atoms with Crippen molar-refractivity contribution in [1.82, 2.24) is 4.98 Å². The van der Waals surface area contributed by atoms with E-state index in [1.54, 1.807) is 13.3 Å². The van der Waals surface area contributed by atoms with Gasteiger partial charge in [-0.05, 0) is 34.7 Å². The van der Waals surface area contributed by atoms with E-state index in [0.717, 1.165) is 11.3 Å². The van der Waals surface area contributed by atoms with Crippen molar-refractivity contribution in [2.45, 2.75) is 26.2 Å². The summed E-state index contributed by atoms with van der Waals surface area (Å²) in [5, 5.41) is 0. The number of aromatic nitrogens is 1. The molecule has 2 rings (SSSR count). The van der Waals surface area contributed by atoms with Crippen molar-refractivity contribution < 1.29 is 4.74 Å². The molecule has 2 aromatic rings. The average molecular weight is 267 g/mol. The highest BCUT2D eigenvalue weighted by molar-refractivity contribution is 5.70. The number of ether oxygens (including phenoxy) is 1. The Balaban J connectivity index is 2.32. The van der Waals surface area contributed by atoms with Gasteiger partial charge in [-0.25, -0.2) is 0 Å². The van der Waals surface area contributed by atoms with Crippen LogP contribution in [0.3, 0.4) is 0 Å². The van der Waals surface area contributed by atoms with Crippen molar-refractivity contribution in [2.24, 2.45) is 0 Å². The molecule has 2 heteroatoms. The minimum Gasteiger partial charge on any atom is -0.496 e. The zero-order valence-electron chi connectivity index (χ0n) is 12.6. The van der Waals surface area contributed by atoms with Crippen molar-refractivity contribution in [3.8, 4) is 5.75 Å². The first-order valence-electron chi connectivity index (χ1n) is 6.77. The zero-order valence-corrected chi connectivity index (χ0v) is 12.6. The second-order valence-corrected chi connectivity index (χ2v) is 5.83. The van der Waals surface area contributed by atoms with E-state index in [-0.39, 0.29) is 5.41 Å². The van der Waals surface area contributed by atoms with E-state index < -0.39 is 0 Å². The maximum absolute atomic E-state index is 5.46. The molecule has 0 fully saturated rings. The summed E-state index contributed by atoms with van der Waals surface area (Å²) in [4.78, 5) is 4.11. The molecule has 0 aliphatic carbocycles. The van der Waals surface area contributed by atoms with Gasteiger partial charge in [0.15, 0.2) is 0 Å². The van der Waals surface area contributed by atoms with Gasteiger partial charge in [0.05, 0.1) is 7.11 Å². The topological polar surface area (TPSA) is 22.1 Å². The summed E-state index contributed by atoms with van der Waals surface area (Å²) in [5.74, 6) is 0.941. The Morgan fingerprint density at radius 1 is 1.05 bits per heavy atom. The molecule has 0 atom stereocenters. The molecule has 0 spiro atoms. The summed E-state index contributed by atoms with van der Waals surface area (Å²) in [6.07, 6.45) is 7.81. The van der Waals surface area contributed by atoms with Crippen molar-refractivity contribution >= 4 is 12.2 Å². The van der Waals surface area contributed by atoms with Crippen LogP contribution in [0.5, 0.6) is 5.75 Å². The smallest absolute Gasteiger partial charge is 0.122 e. The molecule has 1 aromatic carbocycles. The van der Waals surface area contributed by atoms with Crippen molar-refractivity contribution in [2.75, 3.05) is 7.11 Å². The molecule has 104 valence electrons. The first kappa shape index (κ1) is 14.3. The fourth-order valence-electron chi connectivity index (χ4n) is 2.08. The molecule has 0 aliphatic heterocycles. The minimum absolute atomic E-state index is 0.0590. The number of hydrogen-bond acceptors (Lipinski definition) is 2. The highest BCUT2D eigenvalue weighted by atomic mass is 16.5. The third-order valence-corrected chi connectivity index (χ3v) is 3.18. The largest absolute Gasteiger partial charge is 0.496 e. The van der Waals surface area contributed by atoms with E-state index in [4.69, 9.17) is 4.74 Å². The molecule has 0 saturated heterocycles. The van der Waals surface area contributed by atoms with Crippen molar-refractivity contribution in [3.05, 3.63) is 59.4 Å². The van der Waals surface area contributed by atoms with Crippen LogP contribution in [0.25, 0.3) is 12.2 Å². The van der Waals surface area contributed by atoms with Gasteiger partial charge < -0.3 is 4.74 Å². The van der Waals surface area contributed by atoms with Crippen LogP contribution < -0.4 is 4.74 Å². The lowest BCUT2D eigenvalue weighted by Crippen LogP contribution is -2.12. The van der Waals surface area contributed by atoms with Gasteiger partial charge in [0.25, 0.3) is 0 Å². The molecular formula is C18H21NO. The molecule has 0 saturated carbocycles. The fraction of sp³-hybridized carbons (Fsp3) is 0.278. The Morgan fingerprint density at radius 3 is 2.40 bits per heavy atom. The molecule has 0 bridgehead atoms. The lowest BCUT2D eigenvalue weighted by molar-refractivity contribution is 0.397. The first-order chi connectivity index (χ1) is 9.50. The van der Waals surface area contributed by atoms with Gasteiger partial charge in [-0.3, -0.25) is 4.98 Å². The van der Waals surface area contributed by atoms with Crippen molar-refractivity contribution in [1.29, 1.82) is 0 Å². The number of rotatable bonds is 3. The van der Waals surface area contributed by atoms with E-state index >= 15 is 0 Å². The van der Waals surface area contributed by atoms with E-state index in [0.29, 0.717) is 0 Å². The Bertz CT molecular complexity index is 595. The van der Waals surface area contributed by atoms with Gasteiger partial charge in [-0.15, -0.1) is 0 Å². The minimum atomic E-state index is 0.0590. The molecule has 1 heterocycles. The third kappa shape index (κ3) is 3.47. The zero-order chi connectivity index (χ0) is 14.6. The first-order valence-corrected chi connectivity index (χ1v) is 6.77. The molecule has 20 heavy (non-hydrogen) atoms. The summed E-state index contributed by atoms with van der Waals surface area (Å²) in [6.45, 7) is 6.58. The Morgan fingerprint density at radius 2 is 1.80 bits per heavy atom. The van der Waals surface area contributed by atoms with Gasteiger partial charge >= 0.3 is 0 Å². The van der Waals surface area contributed by atoms with E-state index in [1.165, 1.54) is 11.1 Å². The highest BCUT2D eigenvalue weighted by Crippen LogP contribution is 2.32. The molecule has 0 aliphatic rings. The standard InChI is InChI=1S/C18H21NO/c1-18(2,3)16-12-14(9-10-17(16)20-4)7-8-15-6-5-11-19-13-15/h5-13H,1-4H3/b8-7+. The molecule has 2 nitrogen and oxygen atoms in total. The van der Waals surface area contributed by atoms with E-state index in [9.17, 15) is 0 Å². The van der Waals surface area contributed by atoms with Crippen LogP contribution in [0.4, 0.5) is 0 Å².